The normalized spacial score (nSPS) is 12.3. The molecule has 0 atom stereocenters. The monoisotopic (exact) mass is 169 g/mol. The average molecular weight is 169 g/mol. The molecule has 2 aromatic heterocycles. The molecule has 2 heteroatoms. The Hall–Kier alpha value is -1.70. The SMILES string of the molecule is c1cc[n+]2c(c1)-c1cnccc1C2. The van der Waals surface area contributed by atoms with E-state index < -0.39 is 0 Å². The fourth-order valence-corrected chi connectivity index (χ4v) is 1.83. The molecule has 13 heavy (non-hydrogen) atoms. The van der Waals surface area contributed by atoms with Crippen LogP contribution in [0.4, 0.5) is 0 Å². The predicted molar refractivity (Wildman–Crippen MR) is 49.0 cm³/mol. The highest BCUT2D eigenvalue weighted by Gasteiger charge is 2.24. The first-order chi connectivity index (χ1) is 6.45. The van der Waals surface area contributed by atoms with Gasteiger partial charge in [0, 0.05) is 30.1 Å². The van der Waals surface area contributed by atoms with Crippen LogP contribution in [0.15, 0.2) is 42.9 Å². The number of rotatable bonds is 0. The lowest BCUT2D eigenvalue weighted by Gasteiger charge is -1.90. The van der Waals surface area contributed by atoms with Gasteiger partial charge in [0.15, 0.2) is 12.7 Å². The zero-order valence-electron chi connectivity index (χ0n) is 7.14. The number of nitrogens with zero attached hydrogens (tertiary/aromatic N) is 2. The summed E-state index contributed by atoms with van der Waals surface area (Å²) >= 11 is 0. The molecule has 0 saturated carbocycles. The molecule has 62 valence electrons. The van der Waals surface area contributed by atoms with Crippen LogP contribution in [0.1, 0.15) is 5.56 Å². The third kappa shape index (κ3) is 0.886. The Morgan fingerprint density at radius 1 is 1.23 bits per heavy atom. The molecule has 0 amide bonds. The van der Waals surface area contributed by atoms with Crippen molar-refractivity contribution >= 4 is 0 Å². The van der Waals surface area contributed by atoms with E-state index in [1.807, 2.05) is 12.4 Å². The first-order valence-corrected chi connectivity index (χ1v) is 4.37. The van der Waals surface area contributed by atoms with Crippen molar-refractivity contribution in [2.24, 2.45) is 0 Å². The van der Waals surface area contributed by atoms with Crippen LogP contribution in [0.25, 0.3) is 11.3 Å². The number of hydrogen-bond donors (Lipinski definition) is 0. The van der Waals surface area contributed by atoms with E-state index in [9.17, 15) is 0 Å². The topological polar surface area (TPSA) is 16.8 Å². The van der Waals surface area contributed by atoms with Gasteiger partial charge in [-0.25, -0.2) is 0 Å². The van der Waals surface area contributed by atoms with Crippen molar-refractivity contribution in [2.75, 3.05) is 0 Å². The van der Waals surface area contributed by atoms with Gasteiger partial charge in [-0.3, -0.25) is 4.98 Å². The van der Waals surface area contributed by atoms with Crippen molar-refractivity contribution in [1.29, 1.82) is 0 Å². The van der Waals surface area contributed by atoms with Crippen LogP contribution in [-0.2, 0) is 6.54 Å². The molecular weight excluding hydrogens is 160 g/mol. The Morgan fingerprint density at radius 3 is 3.23 bits per heavy atom. The molecular formula is C11H9N2+. The van der Waals surface area contributed by atoms with Crippen molar-refractivity contribution in [3.8, 4) is 11.3 Å². The first kappa shape index (κ1) is 6.78. The van der Waals surface area contributed by atoms with E-state index in [2.05, 4.69) is 40.0 Å². The quantitative estimate of drug-likeness (QED) is 0.465. The fourth-order valence-electron chi connectivity index (χ4n) is 1.83. The maximum absolute atomic E-state index is 4.14. The average Bonchev–Trinajstić information content (AvgIpc) is 2.56. The van der Waals surface area contributed by atoms with Crippen LogP contribution < -0.4 is 4.57 Å². The van der Waals surface area contributed by atoms with Crippen molar-refractivity contribution in [3.63, 3.8) is 0 Å². The van der Waals surface area contributed by atoms with Gasteiger partial charge in [-0.15, -0.1) is 0 Å². The summed E-state index contributed by atoms with van der Waals surface area (Å²) in [6.07, 6.45) is 5.90. The molecule has 0 saturated heterocycles. The van der Waals surface area contributed by atoms with Gasteiger partial charge in [0.05, 0.1) is 5.56 Å². The van der Waals surface area contributed by atoms with Crippen molar-refractivity contribution in [1.82, 2.24) is 4.98 Å². The van der Waals surface area contributed by atoms with Crippen molar-refractivity contribution < 1.29 is 4.57 Å². The highest BCUT2D eigenvalue weighted by Crippen LogP contribution is 2.23. The van der Waals surface area contributed by atoms with Crippen LogP contribution >= 0.6 is 0 Å². The third-order valence-corrected chi connectivity index (χ3v) is 2.47. The Labute approximate surface area is 76.5 Å². The molecule has 2 nitrogen and oxygen atoms in total. The van der Waals surface area contributed by atoms with E-state index in [1.54, 1.807) is 0 Å². The molecule has 2 aromatic rings. The summed E-state index contributed by atoms with van der Waals surface area (Å²) in [5.41, 5.74) is 3.90. The maximum Gasteiger partial charge on any atom is 0.214 e. The standard InChI is InChI=1S/C11H9N2/c1-2-6-13-8-9-4-5-12-7-10(9)11(13)3-1/h1-7H,8H2/q+1. The molecule has 3 rings (SSSR count). The minimum atomic E-state index is 0.980. The zero-order valence-corrected chi connectivity index (χ0v) is 7.14. The van der Waals surface area contributed by atoms with E-state index in [0.29, 0.717) is 0 Å². The first-order valence-electron chi connectivity index (χ1n) is 4.37. The van der Waals surface area contributed by atoms with Crippen LogP contribution in [0.3, 0.4) is 0 Å². The van der Waals surface area contributed by atoms with Crippen LogP contribution in [-0.4, -0.2) is 4.98 Å². The molecule has 0 unspecified atom stereocenters. The maximum atomic E-state index is 4.14. The fraction of sp³-hybridized carbons (Fsp3) is 0.0909. The molecule has 0 spiro atoms. The summed E-state index contributed by atoms with van der Waals surface area (Å²) in [6, 6.07) is 8.34. The predicted octanol–water partition coefficient (Wildman–Crippen LogP) is 1.40. The molecule has 0 N–H and O–H groups in total. The highest BCUT2D eigenvalue weighted by atomic mass is 15.0. The van der Waals surface area contributed by atoms with Crippen LogP contribution in [0.5, 0.6) is 0 Å². The second kappa shape index (κ2) is 2.39. The van der Waals surface area contributed by atoms with E-state index >= 15 is 0 Å². The zero-order chi connectivity index (χ0) is 8.67. The molecule has 0 radical (unpaired) electrons. The number of hydrogen-bond acceptors (Lipinski definition) is 1. The lowest BCUT2D eigenvalue weighted by atomic mass is 10.1. The van der Waals surface area contributed by atoms with Crippen LogP contribution in [0, 0.1) is 0 Å². The minimum Gasteiger partial charge on any atom is -0.264 e. The number of fused-ring (bicyclic) bond motifs is 3. The Balaban J connectivity index is 2.32. The minimum absolute atomic E-state index is 0.980. The molecule has 1 aliphatic rings. The Morgan fingerprint density at radius 2 is 2.23 bits per heavy atom. The van der Waals surface area contributed by atoms with Gasteiger partial charge >= 0.3 is 0 Å². The summed E-state index contributed by atoms with van der Waals surface area (Å²) in [5, 5.41) is 0. The lowest BCUT2D eigenvalue weighted by molar-refractivity contribution is -0.672. The summed E-state index contributed by atoms with van der Waals surface area (Å²) in [7, 11) is 0. The smallest absolute Gasteiger partial charge is 0.214 e. The van der Waals surface area contributed by atoms with Gasteiger partial charge in [-0.1, -0.05) is 0 Å². The summed E-state index contributed by atoms with van der Waals surface area (Å²) in [6.45, 7) is 0.980. The van der Waals surface area contributed by atoms with Gasteiger partial charge in [0.1, 0.15) is 0 Å². The summed E-state index contributed by atoms with van der Waals surface area (Å²) in [5.74, 6) is 0. The van der Waals surface area contributed by atoms with Crippen molar-refractivity contribution in [3.05, 3.63) is 48.4 Å². The molecule has 0 aliphatic carbocycles. The third-order valence-electron chi connectivity index (χ3n) is 2.47. The Bertz CT molecular complexity index is 420. The summed E-state index contributed by atoms with van der Waals surface area (Å²) in [4.78, 5) is 4.14. The largest absolute Gasteiger partial charge is 0.264 e. The molecule has 0 aromatic carbocycles. The summed E-state index contributed by atoms with van der Waals surface area (Å²) < 4.78 is 2.24. The van der Waals surface area contributed by atoms with Gasteiger partial charge in [-0.05, 0) is 12.1 Å². The van der Waals surface area contributed by atoms with Crippen molar-refractivity contribution in [2.45, 2.75) is 6.54 Å². The molecule has 0 bridgehead atoms. The van der Waals surface area contributed by atoms with Crippen LogP contribution in [0.2, 0.25) is 0 Å². The van der Waals surface area contributed by atoms with E-state index in [-0.39, 0.29) is 0 Å². The highest BCUT2D eigenvalue weighted by molar-refractivity contribution is 5.61. The molecule has 1 aliphatic heterocycles. The number of pyridine rings is 2. The number of aromatic nitrogens is 2. The molecule has 0 fully saturated rings. The van der Waals surface area contributed by atoms with Gasteiger partial charge < -0.3 is 0 Å². The molecule has 3 heterocycles. The van der Waals surface area contributed by atoms with E-state index in [0.717, 1.165) is 6.54 Å². The van der Waals surface area contributed by atoms with Gasteiger partial charge in [-0.2, -0.15) is 4.57 Å². The Kier molecular flexibility index (Phi) is 1.25. The van der Waals surface area contributed by atoms with Gasteiger partial charge in [0.25, 0.3) is 0 Å². The van der Waals surface area contributed by atoms with E-state index in [4.69, 9.17) is 0 Å². The van der Waals surface area contributed by atoms with E-state index in [1.165, 1.54) is 16.8 Å². The second-order valence-electron chi connectivity index (χ2n) is 3.25. The van der Waals surface area contributed by atoms with Gasteiger partial charge in [0.2, 0.25) is 5.69 Å². The lowest BCUT2D eigenvalue weighted by Crippen LogP contribution is -2.31. The second-order valence-corrected chi connectivity index (χ2v) is 3.25.